The van der Waals surface area contributed by atoms with Crippen LogP contribution in [0.1, 0.15) is 50.1 Å². The molecule has 1 atom stereocenters. The highest BCUT2D eigenvalue weighted by molar-refractivity contribution is 5.75. The van der Waals surface area contributed by atoms with Crippen molar-refractivity contribution < 1.29 is 9.32 Å². The van der Waals surface area contributed by atoms with Crippen LogP contribution in [0, 0.1) is 25.7 Å². The highest BCUT2D eigenvalue weighted by Crippen LogP contribution is 2.21. The van der Waals surface area contributed by atoms with E-state index in [0.717, 1.165) is 29.9 Å². The average Bonchev–Trinajstić information content (AvgIpc) is 2.74. The lowest BCUT2D eigenvalue weighted by molar-refractivity contribution is -0.130. The molecular formula is C16H29N3O2. The maximum atomic E-state index is 12.3. The Morgan fingerprint density at radius 2 is 2.00 bits per heavy atom. The van der Waals surface area contributed by atoms with Gasteiger partial charge in [0.1, 0.15) is 5.76 Å². The summed E-state index contributed by atoms with van der Waals surface area (Å²) < 4.78 is 5.14. The minimum atomic E-state index is 0.165. The molecule has 1 amide bonds. The average molecular weight is 295 g/mol. The summed E-state index contributed by atoms with van der Waals surface area (Å²) in [5, 5.41) is 3.92. The first-order valence-electron chi connectivity index (χ1n) is 7.72. The Morgan fingerprint density at radius 3 is 2.48 bits per heavy atom. The van der Waals surface area contributed by atoms with E-state index in [9.17, 15) is 4.79 Å². The first-order valence-corrected chi connectivity index (χ1v) is 7.72. The molecule has 21 heavy (non-hydrogen) atoms. The van der Waals surface area contributed by atoms with Crippen molar-refractivity contribution in [3.05, 3.63) is 17.0 Å². The van der Waals surface area contributed by atoms with Crippen LogP contribution in [0.25, 0.3) is 0 Å². The van der Waals surface area contributed by atoms with Gasteiger partial charge in [-0.05, 0) is 45.1 Å². The molecule has 0 saturated carbocycles. The largest absolute Gasteiger partial charge is 0.361 e. The number of rotatable bonds is 8. The number of amides is 1. The summed E-state index contributed by atoms with van der Waals surface area (Å²) >= 11 is 0. The van der Waals surface area contributed by atoms with Crippen molar-refractivity contribution in [3.8, 4) is 0 Å². The van der Waals surface area contributed by atoms with Crippen molar-refractivity contribution in [1.82, 2.24) is 10.1 Å². The van der Waals surface area contributed by atoms with Gasteiger partial charge in [-0.1, -0.05) is 19.0 Å². The third-order valence-corrected chi connectivity index (χ3v) is 4.21. The highest BCUT2D eigenvalue weighted by atomic mass is 16.5. The molecule has 0 saturated heterocycles. The molecule has 0 aliphatic heterocycles. The minimum absolute atomic E-state index is 0.165. The van der Waals surface area contributed by atoms with Gasteiger partial charge >= 0.3 is 0 Å². The molecule has 5 heteroatoms. The van der Waals surface area contributed by atoms with Crippen molar-refractivity contribution in [2.24, 2.45) is 17.6 Å². The summed E-state index contributed by atoms with van der Waals surface area (Å²) in [4.78, 5) is 14.0. The van der Waals surface area contributed by atoms with Crippen molar-refractivity contribution in [2.45, 2.75) is 53.5 Å². The number of aromatic nitrogens is 1. The van der Waals surface area contributed by atoms with Gasteiger partial charge in [-0.25, -0.2) is 0 Å². The van der Waals surface area contributed by atoms with Gasteiger partial charge in [-0.2, -0.15) is 0 Å². The Hall–Kier alpha value is -1.36. The lowest BCUT2D eigenvalue weighted by atomic mass is 9.88. The van der Waals surface area contributed by atoms with Crippen LogP contribution in [0.5, 0.6) is 0 Å². The van der Waals surface area contributed by atoms with E-state index in [2.05, 4.69) is 19.0 Å². The van der Waals surface area contributed by atoms with Gasteiger partial charge < -0.3 is 15.2 Å². The lowest BCUT2D eigenvalue weighted by Gasteiger charge is -2.22. The molecule has 0 aliphatic carbocycles. The third-order valence-electron chi connectivity index (χ3n) is 4.21. The molecule has 0 aromatic carbocycles. The molecule has 1 unspecified atom stereocenters. The van der Waals surface area contributed by atoms with Crippen LogP contribution in [0.2, 0.25) is 0 Å². The van der Waals surface area contributed by atoms with Gasteiger partial charge in [0.25, 0.3) is 0 Å². The fraction of sp³-hybridized carbons (Fsp3) is 0.750. The lowest BCUT2D eigenvalue weighted by Crippen LogP contribution is -2.27. The van der Waals surface area contributed by atoms with E-state index in [1.807, 2.05) is 20.9 Å². The molecule has 0 aliphatic rings. The van der Waals surface area contributed by atoms with Crippen LogP contribution < -0.4 is 5.73 Å². The van der Waals surface area contributed by atoms with Gasteiger partial charge in [0.15, 0.2) is 0 Å². The molecule has 1 aromatic heterocycles. The molecular weight excluding hydrogens is 266 g/mol. The Bertz CT molecular complexity index is 435. The van der Waals surface area contributed by atoms with Crippen molar-refractivity contribution in [1.29, 1.82) is 0 Å². The van der Waals surface area contributed by atoms with E-state index in [4.69, 9.17) is 10.3 Å². The van der Waals surface area contributed by atoms with Crippen molar-refractivity contribution in [3.63, 3.8) is 0 Å². The standard InChI is InChI=1S/C16H29N3O2/c1-11(2)14(8-9-17)6-7-16(20)19(5)10-15-12(3)18-21-13(15)4/h11,14H,6-10,17H2,1-5H3. The second-order valence-corrected chi connectivity index (χ2v) is 6.17. The van der Waals surface area contributed by atoms with Crippen LogP contribution >= 0.6 is 0 Å². The van der Waals surface area contributed by atoms with Gasteiger partial charge in [0, 0.05) is 19.0 Å². The SMILES string of the molecule is Cc1noc(C)c1CN(C)C(=O)CCC(CCN)C(C)C. The predicted molar refractivity (Wildman–Crippen MR) is 83.7 cm³/mol. The molecule has 0 bridgehead atoms. The molecule has 2 N–H and O–H groups in total. The molecule has 1 aromatic rings. The smallest absolute Gasteiger partial charge is 0.222 e. The fourth-order valence-electron chi connectivity index (χ4n) is 2.58. The summed E-state index contributed by atoms with van der Waals surface area (Å²) in [5.74, 6) is 2.04. The second kappa shape index (κ2) is 8.17. The number of hydrogen-bond acceptors (Lipinski definition) is 4. The minimum Gasteiger partial charge on any atom is -0.361 e. The van der Waals surface area contributed by atoms with Crippen LogP contribution in [0.4, 0.5) is 0 Å². The van der Waals surface area contributed by atoms with Gasteiger partial charge in [-0.3, -0.25) is 4.79 Å². The zero-order chi connectivity index (χ0) is 16.0. The molecule has 0 fully saturated rings. The maximum absolute atomic E-state index is 12.3. The van der Waals surface area contributed by atoms with Crippen molar-refractivity contribution in [2.75, 3.05) is 13.6 Å². The number of carbonyl (C=O) groups is 1. The van der Waals surface area contributed by atoms with Gasteiger partial charge in [0.05, 0.1) is 12.2 Å². The molecule has 5 nitrogen and oxygen atoms in total. The Kier molecular flexibility index (Phi) is 6.89. The number of nitrogens with two attached hydrogens (primary N) is 1. The Morgan fingerprint density at radius 1 is 1.33 bits per heavy atom. The van der Waals surface area contributed by atoms with Crippen molar-refractivity contribution >= 4 is 5.91 Å². The molecule has 0 radical (unpaired) electrons. The fourth-order valence-corrected chi connectivity index (χ4v) is 2.58. The summed E-state index contributed by atoms with van der Waals surface area (Å²) in [6.45, 7) is 9.41. The number of carbonyl (C=O) groups excluding carboxylic acids is 1. The predicted octanol–water partition coefficient (Wildman–Crippen LogP) is 2.65. The molecule has 0 spiro atoms. The van der Waals surface area contributed by atoms with Crippen LogP contribution in [0.15, 0.2) is 4.52 Å². The first-order chi connectivity index (χ1) is 9.86. The van der Waals surface area contributed by atoms with Gasteiger partial charge in [-0.15, -0.1) is 0 Å². The second-order valence-electron chi connectivity index (χ2n) is 6.17. The number of hydrogen-bond donors (Lipinski definition) is 1. The van der Waals surface area contributed by atoms with E-state index in [1.165, 1.54) is 0 Å². The van der Waals surface area contributed by atoms with Crippen LogP contribution in [-0.4, -0.2) is 29.6 Å². The highest BCUT2D eigenvalue weighted by Gasteiger charge is 2.18. The van der Waals surface area contributed by atoms with E-state index in [0.29, 0.717) is 31.3 Å². The quantitative estimate of drug-likeness (QED) is 0.800. The number of nitrogens with zero attached hydrogens (tertiary/aromatic N) is 2. The normalized spacial score (nSPS) is 12.7. The zero-order valence-corrected chi connectivity index (χ0v) is 14.0. The summed E-state index contributed by atoms with van der Waals surface area (Å²) in [7, 11) is 1.83. The van der Waals surface area contributed by atoms with Gasteiger partial charge in [0.2, 0.25) is 5.91 Å². The van der Waals surface area contributed by atoms with Crippen LogP contribution in [-0.2, 0) is 11.3 Å². The monoisotopic (exact) mass is 295 g/mol. The molecule has 1 rings (SSSR count). The summed E-state index contributed by atoms with van der Waals surface area (Å²) in [6.07, 6.45) is 2.46. The first kappa shape index (κ1) is 17.7. The topological polar surface area (TPSA) is 72.4 Å². The Balaban J connectivity index is 2.51. The van der Waals surface area contributed by atoms with E-state index in [1.54, 1.807) is 4.90 Å². The Labute approximate surface area is 127 Å². The van der Waals surface area contributed by atoms with E-state index in [-0.39, 0.29) is 5.91 Å². The van der Waals surface area contributed by atoms with E-state index >= 15 is 0 Å². The summed E-state index contributed by atoms with van der Waals surface area (Å²) in [5.41, 5.74) is 7.51. The number of aryl methyl sites for hydroxylation is 2. The third kappa shape index (κ3) is 5.16. The summed E-state index contributed by atoms with van der Waals surface area (Å²) in [6, 6.07) is 0. The van der Waals surface area contributed by atoms with Crippen LogP contribution in [0.3, 0.4) is 0 Å². The zero-order valence-electron chi connectivity index (χ0n) is 14.0. The molecule has 120 valence electrons. The van der Waals surface area contributed by atoms with E-state index < -0.39 is 0 Å². The molecule has 1 heterocycles. The maximum Gasteiger partial charge on any atom is 0.222 e.